The van der Waals surface area contributed by atoms with Crippen LogP contribution in [0.2, 0.25) is 0 Å². The van der Waals surface area contributed by atoms with Crippen molar-refractivity contribution >= 4 is 39.9 Å². The molecule has 0 radical (unpaired) electrons. The van der Waals surface area contributed by atoms with Crippen LogP contribution in [0.25, 0.3) is 10.8 Å². The number of rotatable bonds is 6. The Bertz CT molecular complexity index is 1280. The van der Waals surface area contributed by atoms with Crippen molar-refractivity contribution in [3.05, 3.63) is 108 Å². The molecule has 6 heteroatoms. The molecule has 0 bridgehead atoms. The fourth-order valence-electron chi connectivity index (χ4n) is 3.28. The molecule has 0 spiro atoms. The lowest BCUT2D eigenvalue weighted by molar-refractivity contribution is -0.119. The molecule has 32 heavy (non-hydrogen) atoms. The molecule has 2 amide bonds. The summed E-state index contributed by atoms with van der Waals surface area (Å²) in [4.78, 5) is 37.4. The minimum atomic E-state index is -0.706. The molecule has 4 aromatic rings. The van der Waals surface area contributed by atoms with Gasteiger partial charge < -0.3 is 15.4 Å². The van der Waals surface area contributed by atoms with Gasteiger partial charge in [-0.25, -0.2) is 4.79 Å². The number of esters is 1. The Kier molecular flexibility index (Phi) is 6.22. The van der Waals surface area contributed by atoms with Crippen molar-refractivity contribution in [1.82, 2.24) is 0 Å². The lowest BCUT2D eigenvalue weighted by atomic mass is 10.1. The van der Waals surface area contributed by atoms with Gasteiger partial charge in [-0.3, -0.25) is 9.59 Å². The first-order chi connectivity index (χ1) is 15.6. The smallest absolute Gasteiger partial charge is 0.340 e. The first-order valence-corrected chi connectivity index (χ1v) is 10.0. The largest absolute Gasteiger partial charge is 0.452 e. The number of nitrogens with one attached hydrogen (secondary N) is 2. The van der Waals surface area contributed by atoms with Crippen molar-refractivity contribution in [2.75, 3.05) is 17.2 Å². The zero-order valence-corrected chi connectivity index (χ0v) is 17.1. The molecule has 0 saturated carbocycles. The first-order valence-electron chi connectivity index (χ1n) is 10.0. The SMILES string of the molecule is O=C(COC(=O)c1ccccc1NC(=O)c1ccccc1)Nc1cccc2ccccc12. The second kappa shape index (κ2) is 9.57. The Morgan fingerprint density at radius 2 is 1.31 bits per heavy atom. The molecule has 0 fully saturated rings. The van der Waals surface area contributed by atoms with Crippen molar-refractivity contribution < 1.29 is 19.1 Å². The number of amides is 2. The average Bonchev–Trinajstić information content (AvgIpc) is 2.83. The van der Waals surface area contributed by atoms with Gasteiger partial charge in [0.1, 0.15) is 0 Å². The number of fused-ring (bicyclic) bond motifs is 1. The summed E-state index contributed by atoms with van der Waals surface area (Å²) in [5.41, 5.74) is 1.57. The molecule has 2 N–H and O–H groups in total. The minimum Gasteiger partial charge on any atom is -0.452 e. The van der Waals surface area contributed by atoms with E-state index in [0.29, 0.717) is 16.9 Å². The van der Waals surface area contributed by atoms with E-state index in [4.69, 9.17) is 4.74 Å². The van der Waals surface area contributed by atoms with E-state index in [1.165, 1.54) is 6.07 Å². The van der Waals surface area contributed by atoms with Crippen LogP contribution >= 0.6 is 0 Å². The van der Waals surface area contributed by atoms with Crippen molar-refractivity contribution in [3.63, 3.8) is 0 Å². The number of ether oxygens (including phenoxy) is 1. The van der Waals surface area contributed by atoms with Gasteiger partial charge >= 0.3 is 5.97 Å². The van der Waals surface area contributed by atoms with E-state index in [0.717, 1.165) is 10.8 Å². The predicted octanol–water partition coefficient (Wildman–Crippen LogP) is 4.89. The van der Waals surface area contributed by atoms with Gasteiger partial charge in [0.15, 0.2) is 6.61 Å². The molecule has 6 nitrogen and oxygen atoms in total. The van der Waals surface area contributed by atoms with Crippen molar-refractivity contribution in [1.29, 1.82) is 0 Å². The van der Waals surface area contributed by atoms with Crippen molar-refractivity contribution in [3.8, 4) is 0 Å². The molecular formula is C26H20N2O4. The number of benzene rings is 4. The third-order valence-electron chi connectivity index (χ3n) is 4.83. The van der Waals surface area contributed by atoms with E-state index >= 15 is 0 Å². The molecule has 0 saturated heterocycles. The maximum Gasteiger partial charge on any atom is 0.340 e. The van der Waals surface area contributed by atoms with Crippen LogP contribution < -0.4 is 10.6 Å². The highest BCUT2D eigenvalue weighted by Gasteiger charge is 2.17. The number of hydrogen-bond acceptors (Lipinski definition) is 4. The van der Waals surface area contributed by atoms with E-state index in [9.17, 15) is 14.4 Å². The summed E-state index contributed by atoms with van der Waals surface area (Å²) in [6, 6.07) is 28.4. The Morgan fingerprint density at radius 3 is 2.16 bits per heavy atom. The molecule has 0 atom stereocenters. The summed E-state index contributed by atoms with van der Waals surface area (Å²) >= 11 is 0. The first kappa shape index (κ1) is 20.8. The van der Waals surface area contributed by atoms with Gasteiger partial charge in [-0.05, 0) is 35.7 Å². The molecule has 158 valence electrons. The van der Waals surface area contributed by atoms with E-state index in [1.54, 1.807) is 48.5 Å². The quantitative estimate of drug-likeness (QED) is 0.432. The highest BCUT2D eigenvalue weighted by atomic mass is 16.5. The van der Waals surface area contributed by atoms with E-state index in [1.807, 2.05) is 42.5 Å². The maximum absolute atomic E-state index is 12.6. The monoisotopic (exact) mass is 424 g/mol. The number of hydrogen-bond donors (Lipinski definition) is 2. The van der Waals surface area contributed by atoms with Crippen LogP contribution in [0, 0.1) is 0 Å². The van der Waals surface area contributed by atoms with E-state index < -0.39 is 18.5 Å². The number of carbonyl (C=O) groups excluding carboxylic acids is 3. The fourth-order valence-corrected chi connectivity index (χ4v) is 3.28. The number of anilines is 2. The van der Waals surface area contributed by atoms with Crippen molar-refractivity contribution in [2.24, 2.45) is 0 Å². The van der Waals surface area contributed by atoms with Crippen LogP contribution in [0.3, 0.4) is 0 Å². The van der Waals surface area contributed by atoms with E-state index in [-0.39, 0.29) is 11.5 Å². The summed E-state index contributed by atoms with van der Waals surface area (Å²) in [5.74, 6) is -1.51. The average molecular weight is 424 g/mol. The van der Waals surface area contributed by atoms with Crippen molar-refractivity contribution in [2.45, 2.75) is 0 Å². The summed E-state index contributed by atoms with van der Waals surface area (Å²) in [7, 11) is 0. The number of carbonyl (C=O) groups is 3. The molecule has 4 aromatic carbocycles. The van der Waals surface area contributed by atoms with E-state index in [2.05, 4.69) is 10.6 Å². The molecule has 0 aliphatic carbocycles. The lowest BCUT2D eigenvalue weighted by Crippen LogP contribution is -2.22. The van der Waals surface area contributed by atoms with Gasteiger partial charge in [-0.15, -0.1) is 0 Å². The van der Waals surface area contributed by atoms with Crippen LogP contribution in [0.1, 0.15) is 20.7 Å². The van der Waals surface area contributed by atoms with Crippen LogP contribution in [0.5, 0.6) is 0 Å². The standard InChI is InChI=1S/C26H20N2O4/c29-24(27-22-16-8-12-18-9-4-5-13-20(18)22)17-32-26(31)21-14-6-7-15-23(21)28-25(30)19-10-2-1-3-11-19/h1-16H,17H2,(H,27,29)(H,28,30). The second-order valence-corrected chi connectivity index (χ2v) is 7.02. The zero-order valence-electron chi connectivity index (χ0n) is 17.1. The topological polar surface area (TPSA) is 84.5 Å². The van der Waals surface area contributed by atoms with Gasteiger partial charge in [0, 0.05) is 16.6 Å². The number of para-hydroxylation sites is 1. The Balaban J connectivity index is 1.41. The summed E-state index contributed by atoms with van der Waals surface area (Å²) < 4.78 is 5.20. The summed E-state index contributed by atoms with van der Waals surface area (Å²) in [6.07, 6.45) is 0. The minimum absolute atomic E-state index is 0.162. The Labute approximate surface area is 184 Å². The van der Waals surface area contributed by atoms with Crippen LogP contribution in [0.4, 0.5) is 11.4 Å². The van der Waals surface area contributed by atoms with Gasteiger partial charge in [0.25, 0.3) is 11.8 Å². The molecule has 0 aliphatic heterocycles. The van der Waals surface area contributed by atoms with Gasteiger partial charge in [-0.2, -0.15) is 0 Å². The summed E-state index contributed by atoms with van der Waals surface area (Å²) in [5, 5.41) is 7.37. The van der Waals surface area contributed by atoms with Crippen LogP contribution in [-0.2, 0) is 9.53 Å². The second-order valence-electron chi connectivity index (χ2n) is 7.02. The molecule has 0 unspecified atom stereocenters. The van der Waals surface area contributed by atoms with Gasteiger partial charge in [-0.1, -0.05) is 66.7 Å². The summed E-state index contributed by atoms with van der Waals surface area (Å²) in [6.45, 7) is -0.455. The highest BCUT2D eigenvalue weighted by molar-refractivity contribution is 6.08. The third-order valence-corrected chi connectivity index (χ3v) is 4.83. The van der Waals surface area contributed by atoms with Gasteiger partial charge in [0.05, 0.1) is 11.3 Å². The van der Waals surface area contributed by atoms with Crippen LogP contribution in [-0.4, -0.2) is 24.4 Å². The predicted molar refractivity (Wildman–Crippen MR) is 124 cm³/mol. The Hall–Kier alpha value is -4.45. The highest BCUT2D eigenvalue weighted by Crippen LogP contribution is 2.23. The molecular weight excluding hydrogens is 404 g/mol. The zero-order chi connectivity index (χ0) is 22.3. The van der Waals surface area contributed by atoms with Gasteiger partial charge in [0.2, 0.25) is 0 Å². The fraction of sp³-hybridized carbons (Fsp3) is 0.0385. The lowest BCUT2D eigenvalue weighted by Gasteiger charge is -2.12. The molecule has 0 aromatic heterocycles. The molecule has 0 heterocycles. The Morgan fingerprint density at radius 1 is 0.656 bits per heavy atom. The maximum atomic E-state index is 12.6. The molecule has 0 aliphatic rings. The third kappa shape index (κ3) is 4.82. The normalized spacial score (nSPS) is 10.4. The van der Waals surface area contributed by atoms with Crippen LogP contribution in [0.15, 0.2) is 97.1 Å². The molecule has 4 rings (SSSR count).